The van der Waals surface area contributed by atoms with E-state index in [-0.39, 0.29) is 6.42 Å². The average Bonchev–Trinajstić information content (AvgIpc) is 2.13. The van der Waals surface area contributed by atoms with Crippen molar-refractivity contribution in [1.29, 1.82) is 0 Å². The normalized spacial score (nSPS) is 12.1. The number of carbonyl (C=O) groups excluding carboxylic acids is 1. The SMILES string of the molecule is CCCOC(=O)C(N)CCCC(=O)O. The zero-order chi connectivity index (χ0) is 11.0. The molecule has 14 heavy (non-hydrogen) atoms. The summed E-state index contributed by atoms with van der Waals surface area (Å²) in [5.41, 5.74) is 5.48. The molecule has 0 spiro atoms. The van der Waals surface area contributed by atoms with Crippen molar-refractivity contribution >= 4 is 11.9 Å². The predicted octanol–water partition coefficient (Wildman–Crippen LogP) is 0.522. The second kappa shape index (κ2) is 7.32. The molecule has 5 nitrogen and oxygen atoms in total. The maximum atomic E-state index is 11.1. The van der Waals surface area contributed by atoms with Gasteiger partial charge in [0.15, 0.2) is 0 Å². The van der Waals surface area contributed by atoms with Gasteiger partial charge in [0, 0.05) is 6.42 Å². The molecule has 0 aliphatic rings. The van der Waals surface area contributed by atoms with Crippen molar-refractivity contribution in [1.82, 2.24) is 0 Å². The summed E-state index contributed by atoms with van der Waals surface area (Å²) >= 11 is 0. The van der Waals surface area contributed by atoms with Gasteiger partial charge in [0.05, 0.1) is 6.61 Å². The van der Waals surface area contributed by atoms with Crippen LogP contribution < -0.4 is 5.73 Å². The fraction of sp³-hybridized carbons (Fsp3) is 0.778. The Morgan fingerprint density at radius 2 is 2.14 bits per heavy atom. The monoisotopic (exact) mass is 203 g/mol. The van der Waals surface area contributed by atoms with Crippen LogP contribution in [0.5, 0.6) is 0 Å². The zero-order valence-corrected chi connectivity index (χ0v) is 8.36. The Hall–Kier alpha value is -1.10. The molecule has 0 rings (SSSR count). The number of carboxylic acids is 1. The van der Waals surface area contributed by atoms with Gasteiger partial charge in [-0.15, -0.1) is 0 Å². The van der Waals surface area contributed by atoms with E-state index in [1.165, 1.54) is 0 Å². The number of hydrogen-bond donors (Lipinski definition) is 2. The molecule has 0 radical (unpaired) electrons. The van der Waals surface area contributed by atoms with Crippen LogP contribution >= 0.6 is 0 Å². The summed E-state index contributed by atoms with van der Waals surface area (Å²) in [6.45, 7) is 2.26. The van der Waals surface area contributed by atoms with Crippen molar-refractivity contribution in [3.05, 3.63) is 0 Å². The third-order valence-electron chi connectivity index (χ3n) is 1.66. The van der Waals surface area contributed by atoms with E-state index in [0.717, 1.165) is 6.42 Å². The van der Waals surface area contributed by atoms with Gasteiger partial charge < -0.3 is 15.6 Å². The summed E-state index contributed by atoms with van der Waals surface area (Å²) in [6, 6.07) is -0.694. The molecule has 0 saturated carbocycles. The highest BCUT2D eigenvalue weighted by Crippen LogP contribution is 2.01. The minimum Gasteiger partial charge on any atom is -0.481 e. The Morgan fingerprint density at radius 3 is 2.64 bits per heavy atom. The van der Waals surface area contributed by atoms with E-state index >= 15 is 0 Å². The van der Waals surface area contributed by atoms with E-state index in [4.69, 9.17) is 15.6 Å². The van der Waals surface area contributed by atoms with Gasteiger partial charge in [-0.25, -0.2) is 0 Å². The third-order valence-corrected chi connectivity index (χ3v) is 1.66. The zero-order valence-electron chi connectivity index (χ0n) is 8.36. The summed E-state index contributed by atoms with van der Waals surface area (Å²) in [5.74, 6) is -1.32. The molecule has 1 unspecified atom stereocenters. The molecule has 82 valence electrons. The van der Waals surface area contributed by atoms with Gasteiger partial charge in [0.25, 0.3) is 0 Å². The maximum absolute atomic E-state index is 11.1. The van der Waals surface area contributed by atoms with Gasteiger partial charge in [-0.05, 0) is 19.3 Å². The first-order chi connectivity index (χ1) is 6.57. The number of ether oxygens (including phenoxy) is 1. The van der Waals surface area contributed by atoms with Gasteiger partial charge in [-0.2, -0.15) is 0 Å². The van der Waals surface area contributed by atoms with Crippen molar-refractivity contribution in [3.8, 4) is 0 Å². The van der Waals surface area contributed by atoms with Crippen molar-refractivity contribution in [2.75, 3.05) is 6.61 Å². The third kappa shape index (κ3) is 6.42. The topological polar surface area (TPSA) is 89.6 Å². The van der Waals surface area contributed by atoms with Crippen LogP contribution in [0.3, 0.4) is 0 Å². The lowest BCUT2D eigenvalue weighted by atomic mass is 10.1. The molecular weight excluding hydrogens is 186 g/mol. The number of carboxylic acid groups (broad SMARTS) is 1. The van der Waals surface area contributed by atoms with E-state index in [2.05, 4.69) is 0 Å². The van der Waals surface area contributed by atoms with Crippen LogP contribution in [0.1, 0.15) is 32.6 Å². The minimum absolute atomic E-state index is 0.0365. The molecule has 0 aliphatic heterocycles. The van der Waals surface area contributed by atoms with E-state index in [9.17, 15) is 9.59 Å². The first kappa shape index (κ1) is 12.9. The largest absolute Gasteiger partial charge is 0.481 e. The van der Waals surface area contributed by atoms with Crippen molar-refractivity contribution in [2.45, 2.75) is 38.6 Å². The van der Waals surface area contributed by atoms with Crippen LogP contribution in [0.15, 0.2) is 0 Å². The Morgan fingerprint density at radius 1 is 1.50 bits per heavy atom. The Bertz CT molecular complexity index is 193. The highest BCUT2D eigenvalue weighted by molar-refractivity contribution is 5.75. The van der Waals surface area contributed by atoms with Crippen LogP contribution in [0.4, 0.5) is 0 Å². The summed E-state index contributed by atoms with van der Waals surface area (Å²) in [4.78, 5) is 21.2. The molecule has 0 aromatic heterocycles. The molecule has 0 aliphatic carbocycles. The number of aliphatic carboxylic acids is 1. The Balaban J connectivity index is 3.56. The van der Waals surface area contributed by atoms with Gasteiger partial charge in [-0.3, -0.25) is 9.59 Å². The van der Waals surface area contributed by atoms with Crippen LogP contribution in [-0.4, -0.2) is 29.7 Å². The number of nitrogens with two attached hydrogens (primary N) is 1. The van der Waals surface area contributed by atoms with Crippen molar-refractivity contribution in [3.63, 3.8) is 0 Å². The molecule has 0 amide bonds. The molecule has 1 atom stereocenters. The first-order valence-electron chi connectivity index (χ1n) is 4.72. The fourth-order valence-electron chi connectivity index (χ4n) is 0.901. The lowest BCUT2D eigenvalue weighted by Crippen LogP contribution is -2.32. The van der Waals surface area contributed by atoms with E-state index in [0.29, 0.717) is 19.4 Å². The van der Waals surface area contributed by atoms with Crippen LogP contribution in [0.25, 0.3) is 0 Å². The minimum atomic E-state index is -0.876. The quantitative estimate of drug-likeness (QED) is 0.589. The van der Waals surface area contributed by atoms with Gasteiger partial charge in [-0.1, -0.05) is 6.92 Å². The van der Waals surface area contributed by atoms with Gasteiger partial charge >= 0.3 is 11.9 Å². The molecule has 3 N–H and O–H groups in total. The van der Waals surface area contributed by atoms with E-state index in [1.807, 2.05) is 6.92 Å². The maximum Gasteiger partial charge on any atom is 0.322 e. The standard InChI is InChI=1S/C9H17NO4/c1-2-6-14-9(13)7(10)4-3-5-8(11)12/h7H,2-6,10H2,1H3,(H,11,12). The predicted molar refractivity (Wildman–Crippen MR) is 50.7 cm³/mol. The van der Waals surface area contributed by atoms with E-state index in [1.54, 1.807) is 0 Å². The number of rotatable bonds is 7. The number of esters is 1. The summed E-state index contributed by atoms with van der Waals surface area (Å²) in [7, 11) is 0. The second-order valence-electron chi connectivity index (χ2n) is 3.06. The highest BCUT2D eigenvalue weighted by Gasteiger charge is 2.14. The summed E-state index contributed by atoms with van der Waals surface area (Å²) in [5, 5.41) is 8.35. The van der Waals surface area contributed by atoms with Gasteiger partial charge in [0.1, 0.15) is 6.04 Å². The highest BCUT2D eigenvalue weighted by atomic mass is 16.5. The summed E-state index contributed by atoms with van der Waals surface area (Å²) < 4.78 is 4.80. The molecule has 0 aromatic carbocycles. The molecule has 0 bridgehead atoms. The van der Waals surface area contributed by atoms with Crippen molar-refractivity contribution in [2.24, 2.45) is 5.73 Å². The number of carbonyl (C=O) groups is 2. The first-order valence-corrected chi connectivity index (χ1v) is 4.72. The molecule has 5 heteroatoms. The molecular formula is C9H17NO4. The molecule has 0 heterocycles. The van der Waals surface area contributed by atoms with Crippen molar-refractivity contribution < 1.29 is 19.4 Å². The molecule has 0 saturated heterocycles. The molecule has 0 aromatic rings. The second-order valence-corrected chi connectivity index (χ2v) is 3.06. The number of hydrogen-bond acceptors (Lipinski definition) is 4. The molecule has 0 fully saturated rings. The lowest BCUT2D eigenvalue weighted by molar-refractivity contribution is -0.146. The smallest absolute Gasteiger partial charge is 0.322 e. The lowest BCUT2D eigenvalue weighted by Gasteiger charge is -2.09. The van der Waals surface area contributed by atoms with Gasteiger partial charge in [0.2, 0.25) is 0 Å². The fourth-order valence-corrected chi connectivity index (χ4v) is 0.901. The van der Waals surface area contributed by atoms with Crippen LogP contribution in [0, 0.1) is 0 Å². The summed E-state index contributed by atoms with van der Waals surface area (Å²) in [6.07, 6.45) is 1.55. The average molecular weight is 203 g/mol. The van der Waals surface area contributed by atoms with Crippen LogP contribution in [0.2, 0.25) is 0 Å². The van der Waals surface area contributed by atoms with E-state index < -0.39 is 18.0 Å². The van der Waals surface area contributed by atoms with Crippen LogP contribution in [-0.2, 0) is 14.3 Å². The Labute approximate surface area is 83.2 Å². The Kier molecular flexibility index (Phi) is 6.74.